The number of aromatic nitrogens is 5. The van der Waals surface area contributed by atoms with Crippen LogP contribution in [-0.4, -0.2) is 37.3 Å². The number of halogens is 2. The minimum Gasteiger partial charge on any atom is -0.385 e. The quantitative estimate of drug-likeness (QED) is 0.456. The maximum atomic E-state index is 13.0. The smallest absolute Gasteiger partial charge is 0.252 e. The van der Waals surface area contributed by atoms with Gasteiger partial charge in [-0.25, -0.2) is 18.7 Å². The SMILES string of the molecule is C=C(Cc1noc2cc(Nc3[nH]nc4nccnc34)ccc12)NC1CC(F)(F)C1. The van der Waals surface area contributed by atoms with Gasteiger partial charge in [-0.2, -0.15) is 5.10 Å². The van der Waals surface area contributed by atoms with Crippen LogP contribution in [0.1, 0.15) is 18.5 Å². The fourth-order valence-electron chi connectivity index (χ4n) is 3.48. The number of fused-ring (bicyclic) bond motifs is 2. The molecule has 4 aromatic rings. The molecule has 0 aliphatic heterocycles. The summed E-state index contributed by atoms with van der Waals surface area (Å²) < 4.78 is 31.4. The Morgan fingerprint density at radius 2 is 2.10 bits per heavy atom. The molecule has 8 nitrogen and oxygen atoms in total. The molecule has 1 aliphatic carbocycles. The van der Waals surface area contributed by atoms with Gasteiger partial charge in [0, 0.05) is 60.5 Å². The van der Waals surface area contributed by atoms with Crippen LogP contribution in [0.3, 0.4) is 0 Å². The van der Waals surface area contributed by atoms with Crippen molar-refractivity contribution in [2.45, 2.75) is 31.2 Å². The van der Waals surface area contributed by atoms with Gasteiger partial charge in [-0.05, 0) is 12.1 Å². The van der Waals surface area contributed by atoms with Gasteiger partial charge in [-0.15, -0.1) is 0 Å². The summed E-state index contributed by atoms with van der Waals surface area (Å²) in [4.78, 5) is 8.40. The van der Waals surface area contributed by atoms with Crippen LogP contribution < -0.4 is 10.6 Å². The summed E-state index contributed by atoms with van der Waals surface area (Å²) in [6, 6.07) is 5.35. The molecule has 29 heavy (non-hydrogen) atoms. The third-order valence-electron chi connectivity index (χ3n) is 4.88. The van der Waals surface area contributed by atoms with Crippen LogP contribution in [0.4, 0.5) is 20.3 Å². The van der Waals surface area contributed by atoms with Crippen LogP contribution in [0.5, 0.6) is 0 Å². The highest BCUT2D eigenvalue weighted by molar-refractivity contribution is 5.88. The summed E-state index contributed by atoms with van der Waals surface area (Å²) in [6.07, 6.45) is 3.26. The first-order valence-electron chi connectivity index (χ1n) is 9.09. The van der Waals surface area contributed by atoms with Gasteiger partial charge in [0.05, 0.1) is 5.69 Å². The first-order chi connectivity index (χ1) is 14.0. The number of benzene rings is 1. The van der Waals surface area contributed by atoms with Crippen LogP contribution in [-0.2, 0) is 6.42 Å². The summed E-state index contributed by atoms with van der Waals surface area (Å²) in [5, 5.41) is 18.2. The highest BCUT2D eigenvalue weighted by Gasteiger charge is 2.45. The topological polar surface area (TPSA) is 105 Å². The molecular weight excluding hydrogens is 380 g/mol. The van der Waals surface area contributed by atoms with Gasteiger partial charge >= 0.3 is 0 Å². The van der Waals surface area contributed by atoms with Crippen molar-refractivity contribution in [3.63, 3.8) is 0 Å². The molecule has 0 atom stereocenters. The Labute approximate surface area is 163 Å². The van der Waals surface area contributed by atoms with Gasteiger partial charge < -0.3 is 15.2 Å². The third kappa shape index (κ3) is 3.37. The fourth-order valence-corrected chi connectivity index (χ4v) is 3.48. The number of H-pyrrole nitrogens is 1. The van der Waals surface area contributed by atoms with Crippen molar-refractivity contribution in [3.8, 4) is 0 Å². The lowest BCUT2D eigenvalue weighted by atomic mass is 9.88. The maximum Gasteiger partial charge on any atom is 0.252 e. The monoisotopic (exact) mass is 397 g/mol. The van der Waals surface area contributed by atoms with E-state index in [1.165, 1.54) is 0 Å². The van der Waals surface area contributed by atoms with Gasteiger partial charge in [0.15, 0.2) is 16.9 Å². The Morgan fingerprint density at radius 3 is 2.93 bits per heavy atom. The molecule has 1 aliphatic rings. The number of rotatable bonds is 6. The number of hydrogen-bond donors (Lipinski definition) is 3. The maximum absolute atomic E-state index is 13.0. The Kier molecular flexibility index (Phi) is 3.93. The van der Waals surface area contributed by atoms with E-state index < -0.39 is 5.92 Å². The molecule has 0 radical (unpaired) electrons. The lowest BCUT2D eigenvalue weighted by Gasteiger charge is -2.36. The first kappa shape index (κ1) is 17.5. The Balaban J connectivity index is 1.30. The molecule has 148 valence electrons. The van der Waals surface area contributed by atoms with E-state index >= 15 is 0 Å². The normalized spacial score (nSPS) is 16.1. The van der Waals surface area contributed by atoms with Gasteiger partial charge in [-0.3, -0.25) is 5.10 Å². The van der Waals surface area contributed by atoms with Gasteiger partial charge in [0.1, 0.15) is 0 Å². The number of nitrogens with one attached hydrogen (secondary N) is 3. The molecule has 3 N–H and O–H groups in total. The highest BCUT2D eigenvalue weighted by atomic mass is 19.3. The van der Waals surface area contributed by atoms with Crippen molar-refractivity contribution in [2.24, 2.45) is 0 Å². The second-order valence-corrected chi connectivity index (χ2v) is 7.18. The van der Waals surface area contributed by atoms with Crippen molar-refractivity contribution in [2.75, 3.05) is 5.32 Å². The average Bonchev–Trinajstić information content (AvgIpc) is 3.25. The molecule has 0 amide bonds. The van der Waals surface area contributed by atoms with Gasteiger partial charge in [0.25, 0.3) is 5.92 Å². The van der Waals surface area contributed by atoms with Crippen molar-refractivity contribution >= 4 is 33.6 Å². The number of alkyl halides is 2. The Bertz CT molecular complexity index is 1210. The van der Waals surface area contributed by atoms with Crippen LogP contribution >= 0.6 is 0 Å². The van der Waals surface area contributed by atoms with E-state index in [1.807, 2.05) is 18.2 Å². The van der Waals surface area contributed by atoms with Crippen LogP contribution in [0.25, 0.3) is 22.1 Å². The molecule has 0 spiro atoms. The summed E-state index contributed by atoms with van der Waals surface area (Å²) in [5.74, 6) is -1.94. The number of nitrogens with zero attached hydrogens (tertiary/aromatic N) is 4. The van der Waals surface area contributed by atoms with Crippen LogP contribution in [0, 0.1) is 0 Å². The van der Waals surface area contributed by atoms with E-state index in [1.54, 1.807) is 12.4 Å². The second-order valence-electron chi connectivity index (χ2n) is 7.18. The molecule has 3 aromatic heterocycles. The van der Waals surface area contributed by atoms with E-state index in [-0.39, 0.29) is 18.9 Å². The summed E-state index contributed by atoms with van der Waals surface area (Å²) in [6.45, 7) is 3.93. The van der Waals surface area contributed by atoms with E-state index in [0.717, 1.165) is 11.1 Å². The van der Waals surface area contributed by atoms with Gasteiger partial charge in [-0.1, -0.05) is 11.7 Å². The molecule has 0 saturated heterocycles. The van der Waals surface area contributed by atoms with Crippen molar-refractivity contribution in [1.82, 2.24) is 30.6 Å². The van der Waals surface area contributed by atoms with Gasteiger partial charge in [0.2, 0.25) is 5.65 Å². The fraction of sp³-hybridized carbons (Fsp3) is 0.263. The lowest BCUT2D eigenvalue weighted by Crippen LogP contribution is -2.48. The molecule has 5 rings (SSSR count). The Hall–Kier alpha value is -3.56. The molecule has 10 heteroatoms. The molecule has 1 aromatic carbocycles. The standard InChI is InChI=1S/C19H17F2N7O/c1-10(24-12-8-19(20,21)9-12)6-14-13-3-2-11(7-15(13)29-28-14)25-18-16-17(26-27-18)23-5-4-22-16/h2-5,7,12,24H,1,6,8-9H2,(H2,23,25,26,27). The zero-order chi connectivity index (χ0) is 20.0. The predicted octanol–water partition coefficient (Wildman–Crippen LogP) is 3.68. The highest BCUT2D eigenvalue weighted by Crippen LogP contribution is 2.38. The number of allylic oxidation sites excluding steroid dienone is 1. The molecule has 0 bridgehead atoms. The zero-order valence-corrected chi connectivity index (χ0v) is 15.2. The molecular formula is C19H17F2N7O. The second kappa shape index (κ2) is 6.50. The number of hydrogen-bond acceptors (Lipinski definition) is 7. The van der Waals surface area contributed by atoms with E-state index in [2.05, 4.69) is 42.5 Å². The van der Waals surface area contributed by atoms with E-state index in [0.29, 0.717) is 40.4 Å². The largest absolute Gasteiger partial charge is 0.385 e. The van der Waals surface area contributed by atoms with Crippen LogP contribution in [0.15, 0.2) is 47.4 Å². The number of aromatic amines is 1. The Morgan fingerprint density at radius 1 is 1.28 bits per heavy atom. The van der Waals surface area contributed by atoms with E-state index in [9.17, 15) is 8.78 Å². The molecule has 1 fully saturated rings. The summed E-state index contributed by atoms with van der Waals surface area (Å²) >= 11 is 0. The zero-order valence-electron chi connectivity index (χ0n) is 15.2. The lowest BCUT2D eigenvalue weighted by molar-refractivity contribution is -0.0906. The molecule has 0 unspecified atom stereocenters. The third-order valence-corrected chi connectivity index (χ3v) is 4.88. The number of anilines is 2. The van der Waals surface area contributed by atoms with E-state index in [4.69, 9.17) is 4.52 Å². The summed E-state index contributed by atoms with van der Waals surface area (Å²) in [7, 11) is 0. The van der Waals surface area contributed by atoms with Crippen molar-refractivity contribution in [3.05, 3.63) is 48.6 Å². The minimum absolute atomic E-state index is 0.159. The van der Waals surface area contributed by atoms with Crippen molar-refractivity contribution in [1.29, 1.82) is 0 Å². The summed E-state index contributed by atoms with van der Waals surface area (Å²) in [5.41, 5.74) is 3.87. The minimum atomic E-state index is -2.56. The van der Waals surface area contributed by atoms with Crippen LogP contribution in [0.2, 0.25) is 0 Å². The predicted molar refractivity (Wildman–Crippen MR) is 103 cm³/mol. The van der Waals surface area contributed by atoms with Crippen molar-refractivity contribution < 1.29 is 13.3 Å². The average molecular weight is 397 g/mol. The first-order valence-corrected chi connectivity index (χ1v) is 9.09. The molecule has 3 heterocycles. The molecule has 1 saturated carbocycles.